The number of hydrogen-bond donors (Lipinski definition) is 2. The molecule has 3 N–H and O–H groups in total. The third-order valence-electron chi connectivity index (χ3n) is 2.49. The second kappa shape index (κ2) is 3.74. The van der Waals surface area contributed by atoms with Crippen molar-refractivity contribution in [3.8, 4) is 0 Å². The van der Waals surface area contributed by atoms with Crippen molar-refractivity contribution in [3.63, 3.8) is 0 Å². The molecule has 1 aromatic carbocycles. The molecule has 2 rings (SSSR count). The molecule has 2 aromatic rings. The Bertz CT molecular complexity index is 502. The molecule has 0 aliphatic heterocycles. The van der Waals surface area contributed by atoms with Gasteiger partial charge in [0.25, 0.3) is 0 Å². The number of nitrogens with one attached hydrogen (secondary N) is 1. The van der Waals surface area contributed by atoms with Crippen molar-refractivity contribution in [1.82, 2.24) is 9.99 Å². The van der Waals surface area contributed by atoms with E-state index in [0.29, 0.717) is 6.42 Å². The number of aromatic nitrogens is 1. The number of nitrogens with two attached hydrogens (primary N) is 1. The molecule has 4 nitrogen and oxygen atoms in total. The highest BCUT2D eigenvalue weighted by atomic mass is 16.2. The molecular formula is C11H13N3O. The summed E-state index contributed by atoms with van der Waals surface area (Å²) in [5, 5.41) is 1.10. The summed E-state index contributed by atoms with van der Waals surface area (Å²) in [6, 6.07) is 7.98. The van der Waals surface area contributed by atoms with E-state index in [1.807, 2.05) is 42.1 Å². The highest BCUT2D eigenvalue weighted by Gasteiger charge is 2.08. The molecule has 0 bridgehead atoms. The van der Waals surface area contributed by atoms with E-state index in [-0.39, 0.29) is 5.91 Å². The minimum absolute atomic E-state index is 0.175. The van der Waals surface area contributed by atoms with Crippen LogP contribution in [0.5, 0.6) is 0 Å². The van der Waals surface area contributed by atoms with Crippen LogP contribution in [0, 0.1) is 0 Å². The summed E-state index contributed by atoms with van der Waals surface area (Å²) in [6.07, 6.45) is 2.28. The monoisotopic (exact) mass is 203 g/mol. The van der Waals surface area contributed by atoms with Crippen LogP contribution >= 0.6 is 0 Å². The predicted molar refractivity (Wildman–Crippen MR) is 59.0 cm³/mol. The van der Waals surface area contributed by atoms with E-state index in [1.54, 1.807) is 0 Å². The number of benzene rings is 1. The van der Waals surface area contributed by atoms with Gasteiger partial charge in [0.2, 0.25) is 5.91 Å². The molecule has 0 unspecified atom stereocenters. The van der Waals surface area contributed by atoms with E-state index in [4.69, 9.17) is 5.84 Å². The van der Waals surface area contributed by atoms with Crippen LogP contribution < -0.4 is 11.3 Å². The van der Waals surface area contributed by atoms with Gasteiger partial charge in [-0.3, -0.25) is 10.2 Å². The molecule has 0 saturated heterocycles. The van der Waals surface area contributed by atoms with Crippen LogP contribution in [-0.2, 0) is 18.3 Å². The quantitative estimate of drug-likeness (QED) is 0.429. The van der Waals surface area contributed by atoms with Gasteiger partial charge in [0.15, 0.2) is 0 Å². The third-order valence-corrected chi connectivity index (χ3v) is 2.49. The van der Waals surface area contributed by atoms with Gasteiger partial charge in [0.05, 0.1) is 6.42 Å². The summed E-state index contributed by atoms with van der Waals surface area (Å²) in [7, 11) is 1.96. The lowest BCUT2D eigenvalue weighted by Crippen LogP contribution is -2.31. The zero-order chi connectivity index (χ0) is 10.8. The molecule has 0 radical (unpaired) electrons. The molecule has 0 aliphatic carbocycles. The number of aryl methyl sites for hydroxylation is 1. The summed E-state index contributed by atoms with van der Waals surface area (Å²) < 4.78 is 2.01. The van der Waals surface area contributed by atoms with Crippen molar-refractivity contribution in [2.75, 3.05) is 0 Å². The van der Waals surface area contributed by atoms with Gasteiger partial charge in [-0.25, -0.2) is 5.84 Å². The first-order valence-electron chi connectivity index (χ1n) is 4.74. The minimum Gasteiger partial charge on any atom is -0.350 e. The fourth-order valence-electron chi connectivity index (χ4n) is 1.79. The number of amides is 1. The van der Waals surface area contributed by atoms with E-state index < -0.39 is 0 Å². The first-order valence-corrected chi connectivity index (χ1v) is 4.74. The SMILES string of the molecule is Cn1cc(CC(=O)NN)c2ccccc21. The predicted octanol–water partition coefficient (Wildman–Crippen LogP) is 0.711. The lowest BCUT2D eigenvalue weighted by molar-refractivity contribution is -0.120. The average molecular weight is 203 g/mol. The van der Waals surface area contributed by atoms with Crippen molar-refractivity contribution in [3.05, 3.63) is 36.0 Å². The highest BCUT2D eigenvalue weighted by molar-refractivity contribution is 5.89. The van der Waals surface area contributed by atoms with E-state index in [0.717, 1.165) is 16.5 Å². The number of rotatable bonds is 2. The zero-order valence-corrected chi connectivity index (χ0v) is 8.53. The fraction of sp³-hybridized carbons (Fsp3) is 0.182. The second-order valence-corrected chi connectivity index (χ2v) is 3.53. The van der Waals surface area contributed by atoms with E-state index >= 15 is 0 Å². The Morgan fingerprint density at radius 1 is 1.47 bits per heavy atom. The Morgan fingerprint density at radius 2 is 2.20 bits per heavy atom. The molecular weight excluding hydrogens is 190 g/mol. The number of carbonyl (C=O) groups is 1. The number of hydrazine groups is 1. The molecule has 1 heterocycles. The standard InChI is InChI=1S/C11H13N3O/c1-14-7-8(6-11(15)13-12)9-4-2-3-5-10(9)14/h2-5,7H,6,12H2,1H3,(H,13,15). The van der Waals surface area contributed by atoms with Crippen molar-refractivity contribution in [2.24, 2.45) is 12.9 Å². The number of carbonyl (C=O) groups excluding carboxylic acids is 1. The average Bonchev–Trinajstić information content (AvgIpc) is 2.57. The van der Waals surface area contributed by atoms with Crippen LogP contribution in [0.15, 0.2) is 30.5 Å². The van der Waals surface area contributed by atoms with Crippen molar-refractivity contribution in [1.29, 1.82) is 0 Å². The number of hydrogen-bond acceptors (Lipinski definition) is 2. The molecule has 0 saturated carbocycles. The van der Waals surface area contributed by atoms with Gasteiger partial charge in [0, 0.05) is 24.1 Å². The molecule has 1 aromatic heterocycles. The van der Waals surface area contributed by atoms with Crippen molar-refractivity contribution in [2.45, 2.75) is 6.42 Å². The van der Waals surface area contributed by atoms with Gasteiger partial charge in [-0.05, 0) is 11.6 Å². The number of fused-ring (bicyclic) bond motifs is 1. The Labute approximate surface area is 87.6 Å². The molecule has 0 aliphatic rings. The highest BCUT2D eigenvalue weighted by Crippen LogP contribution is 2.20. The van der Waals surface area contributed by atoms with Crippen LogP contribution in [0.4, 0.5) is 0 Å². The molecule has 4 heteroatoms. The first-order chi connectivity index (χ1) is 7.22. The Morgan fingerprint density at radius 3 is 2.93 bits per heavy atom. The smallest absolute Gasteiger partial charge is 0.238 e. The van der Waals surface area contributed by atoms with Crippen LogP contribution in [0.2, 0.25) is 0 Å². The first kappa shape index (κ1) is 9.73. The van der Waals surface area contributed by atoms with E-state index in [9.17, 15) is 4.79 Å². The number of para-hydroxylation sites is 1. The lowest BCUT2D eigenvalue weighted by Gasteiger charge is -1.97. The summed E-state index contributed by atoms with van der Waals surface area (Å²) in [5.74, 6) is 4.89. The minimum atomic E-state index is -0.175. The maximum absolute atomic E-state index is 11.2. The normalized spacial score (nSPS) is 10.5. The van der Waals surface area contributed by atoms with Crippen LogP contribution in [0.1, 0.15) is 5.56 Å². The molecule has 1 amide bonds. The van der Waals surface area contributed by atoms with Gasteiger partial charge >= 0.3 is 0 Å². The molecule has 78 valence electrons. The van der Waals surface area contributed by atoms with Gasteiger partial charge in [-0.1, -0.05) is 18.2 Å². The molecule has 0 atom stereocenters. The Kier molecular flexibility index (Phi) is 2.43. The van der Waals surface area contributed by atoms with Gasteiger partial charge < -0.3 is 4.57 Å². The lowest BCUT2D eigenvalue weighted by atomic mass is 10.1. The molecule has 0 spiro atoms. The van der Waals surface area contributed by atoms with Gasteiger partial charge in [-0.2, -0.15) is 0 Å². The second-order valence-electron chi connectivity index (χ2n) is 3.53. The summed E-state index contributed by atoms with van der Waals surface area (Å²) in [4.78, 5) is 11.2. The van der Waals surface area contributed by atoms with Crippen molar-refractivity contribution >= 4 is 16.8 Å². The van der Waals surface area contributed by atoms with Crippen LogP contribution in [0.25, 0.3) is 10.9 Å². The van der Waals surface area contributed by atoms with Gasteiger partial charge in [-0.15, -0.1) is 0 Å². The summed E-state index contributed by atoms with van der Waals surface area (Å²) in [6.45, 7) is 0. The van der Waals surface area contributed by atoms with Gasteiger partial charge in [0.1, 0.15) is 0 Å². The Hall–Kier alpha value is -1.81. The largest absolute Gasteiger partial charge is 0.350 e. The van der Waals surface area contributed by atoms with Crippen LogP contribution in [-0.4, -0.2) is 10.5 Å². The third kappa shape index (κ3) is 1.71. The molecule has 0 fully saturated rings. The van der Waals surface area contributed by atoms with Crippen molar-refractivity contribution < 1.29 is 4.79 Å². The molecule has 15 heavy (non-hydrogen) atoms. The van der Waals surface area contributed by atoms with E-state index in [1.165, 1.54) is 0 Å². The topological polar surface area (TPSA) is 60.0 Å². The maximum atomic E-state index is 11.2. The zero-order valence-electron chi connectivity index (χ0n) is 8.53. The fourth-order valence-corrected chi connectivity index (χ4v) is 1.79. The summed E-state index contributed by atoms with van der Waals surface area (Å²) >= 11 is 0. The summed E-state index contributed by atoms with van der Waals surface area (Å²) in [5.41, 5.74) is 4.26. The maximum Gasteiger partial charge on any atom is 0.238 e. The Balaban J connectivity index is 2.48. The van der Waals surface area contributed by atoms with E-state index in [2.05, 4.69) is 5.43 Å². The van der Waals surface area contributed by atoms with Crippen LogP contribution in [0.3, 0.4) is 0 Å². The number of nitrogens with zero attached hydrogens (tertiary/aromatic N) is 1.